The van der Waals surface area contributed by atoms with E-state index in [-0.39, 0.29) is 11.4 Å². The number of benzene rings is 2. The smallest absolute Gasteiger partial charge is 0.311 e. The number of carbonyl (C=O) groups excluding carboxylic acids is 1. The monoisotopic (exact) mass is 481 g/mol. The molecule has 0 aliphatic heterocycles. The van der Waals surface area contributed by atoms with Crippen molar-refractivity contribution in [2.24, 2.45) is 5.10 Å². The zero-order valence-electron chi connectivity index (χ0n) is 15.9. The van der Waals surface area contributed by atoms with Crippen LogP contribution in [0, 0.1) is 17.0 Å². The molecule has 0 unspecified atom stereocenters. The second kappa shape index (κ2) is 9.82. The molecule has 0 saturated carbocycles. The summed E-state index contributed by atoms with van der Waals surface area (Å²) in [6.07, 6.45) is 1.28. The fourth-order valence-electron chi connectivity index (χ4n) is 2.51. The number of nitrogens with one attached hydrogen (secondary N) is 1. The summed E-state index contributed by atoms with van der Waals surface area (Å²) < 4.78 is 10.8. The molecule has 11 heteroatoms. The lowest BCUT2D eigenvalue weighted by Crippen LogP contribution is -2.24. The highest BCUT2D eigenvalue weighted by Crippen LogP contribution is 2.35. The van der Waals surface area contributed by atoms with Gasteiger partial charge in [0.05, 0.1) is 26.2 Å². The minimum absolute atomic E-state index is 0.0103. The lowest BCUT2D eigenvalue weighted by molar-refractivity contribution is -0.385. The van der Waals surface area contributed by atoms with Crippen molar-refractivity contribution in [1.29, 1.82) is 0 Å². The Morgan fingerprint density at radius 2 is 1.90 bits per heavy atom. The Morgan fingerprint density at radius 3 is 2.65 bits per heavy atom. The third kappa shape index (κ3) is 5.75. The first-order valence-corrected chi connectivity index (χ1v) is 9.82. The maximum atomic E-state index is 11.9. The van der Waals surface area contributed by atoms with Gasteiger partial charge >= 0.3 is 5.69 Å². The SMILES string of the molecule is Cc1ccc(OCC(=O)N/N=C\c2ccc(-c3cc(Cl)c(Cl)cc3Cl)o2)c([N+](=O)[O-])c1. The van der Waals surface area contributed by atoms with Crippen LogP contribution in [0.4, 0.5) is 5.69 Å². The van der Waals surface area contributed by atoms with Gasteiger partial charge in [0.2, 0.25) is 0 Å². The van der Waals surface area contributed by atoms with Gasteiger partial charge in [0.1, 0.15) is 11.5 Å². The Kier molecular flexibility index (Phi) is 7.17. The summed E-state index contributed by atoms with van der Waals surface area (Å²) in [6, 6.07) is 10.8. The predicted molar refractivity (Wildman–Crippen MR) is 118 cm³/mol. The van der Waals surface area contributed by atoms with Gasteiger partial charge in [0.25, 0.3) is 5.91 Å². The van der Waals surface area contributed by atoms with Crippen LogP contribution in [-0.2, 0) is 4.79 Å². The van der Waals surface area contributed by atoms with Crippen LogP contribution in [0.1, 0.15) is 11.3 Å². The van der Waals surface area contributed by atoms with Crippen molar-refractivity contribution in [1.82, 2.24) is 5.43 Å². The van der Waals surface area contributed by atoms with Gasteiger partial charge in [0, 0.05) is 11.6 Å². The normalized spacial score (nSPS) is 11.0. The first kappa shape index (κ1) is 22.6. The third-order valence-corrected chi connectivity index (χ3v) is 4.99. The molecule has 160 valence electrons. The first-order chi connectivity index (χ1) is 14.7. The molecule has 8 nitrogen and oxygen atoms in total. The molecule has 0 atom stereocenters. The second-order valence-electron chi connectivity index (χ2n) is 6.26. The van der Waals surface area contributed by atoms with E-state index in [1.165, 1.54) is 24.4 Å². The van der Waals surface area contributed by atoms with Crippen molar-refractivity contribution < 1.29 is 18.9 Å². The Bertz CT molecular complexity index is 1180. The summed E-state index contributed by atoms with van der Waals surface area (Å²) in [5.74, 6) is 0.160. The van der Waals surface area contributed by atoms with E-state index in [2.05, 4.69) is 10.5 Å². The van der Waals surface area contributed by atoms with Gasteiger partial charge in [-0.05, 0) is 42.8 Å². The van der Waals surface area contributed by atoms with Crippen LogP contribution in [0.2, 0.25) is 15.1 Å². The number of hydrazone groups is 1. The lowest BCUT2D eigenvalue weighted by Gasteiger charge is -2.06. The number of hydrogen-bond acceptors (Lipinski definition) is 6. The Balaban J connectivity index is 1.59. The number of carbonyl (C=O) groups is 1. The van der Waals surface area contributed by atoms with Crippen LogP contribution in [-0.4, -0.2) is 23.7 Å². The number of nitrogens with zero attached hydrogens (tertiary/aromatic N) is 2. The van der Waals surface area contributed by atoms with Crippen LogP contribution >= 0.6 is 34.8 Å². The Morgan fingerprint density at radius 1 is 1.16 bits per heavy atom. The van der Waals surface area contributed by atoms with E-state index in [1.807, 2.05) is 0 Å². The minimum Gasteiger partial charge on any atom is -0.477 e. The molecule has 0 radical (unpaired) electrons. The van der Waals surface area contributed by atoms with E-state index in [0.717, 1.165) is 0 Å². The maximum Gasteiger partial charge on any atom is 0.311 e. The quantitative estimate of drug-likeness (QED) is 0.203. The van der Waals surface area contributed by atoms with Gasteiger partial charge in [-0.2, -0.15) is 5.10 Å². The first-order valence-electron chi connectivity index (χ1n) is 8.69. The minimum atomic E-state index is -0.606. The molecule has 0 bridgehead atoms. The van der Waals surface area contributed by atoms with Gasteiger partial charge in [-0.15, -0.1) is 0 Å². The molecule has 2 aromatic carbocycles. The highest BCUT2D eigenvalue weighted by atomic mass is 35.5. The maximum absolute atomic E-state index is 11.9. The van der Waals surface area contributed by atoms with Crippen LogP contribution in [0.15, 0.2) is 52.0 Å². The Hall–Kier alpha value is -3.07. The fraction of sp³-hybridized carbons (Fsp3) is 0.100. The number of halogens is 3. The van der Waals surface area contributed by atoms with E-state index in [9.17, 15) is 14.9 Å². The van der Waals surface area contributed by atoms with Crippen molar-refractivity contribution in [2.45, 2.75) is 6.92 Å². The molecule has 3 rings (SSSR count). The molecule has 0 fully saturated rings. The van der Waals surface area contributed by atoms with Gasteiger partial charge in [0.15, 0.2) is 12.4 Å². The standard InChI is InChI=1S/C20H14Cl3N3O5/c1-11-2-4-19(17(6-11)26(28)29)30-10-20(27)25-24-9-12-3-5-18(31-12)13-7-15(22)16(23)8-14(13)21/h2-9H,10H2,1H3,(H,25,27)/b24-9-. The van der Waals surface area contributed by atoms with Gasteiger partial charge in [-0.1, -0.05) is 40.9 Å². The summed E-state index contributed by atoms with van der Waals surface area (Å²) >= 11 is 18.1. The summed E-state index contributed by atoms with van der Waals surface area (Å²) in [6.45, 7) is 1.26. The van der Waals surface area contributed by atoms with Crippen LogP contribution < -0.4 is 10.2 Å². The van der Waals surface area contributed by atoms with Crippen molar-refractivity contribution >= 4 is 52.6 Å². The van der Waals surface area contributed by atoms with Crippen molar-refractivity contribution in [2.75, 3.05) is 6.61 Å². The van der Waals surface area contributed by atoms with Crippen LogP contribution in [0.25, 0.3) is 11.3 Å². The molecule has 1 heterocycles. The largest absolute Gasteiger partial charge is 0.477 e. The van der Waals surface area contributed by atoms with Gasteiger partial charge in [-0.25, -0.2) is 5.43 Å². The topological polar surface area (TPSA) is 107 Å². The van der Waals surface area contributed by atoms with Crippen LogP contribution in [0.3, 0.4) is 0 Å². The summed E-state index contributed by atoms with van der Waals surface area (Å²) in [7, 11) is 0. The van der Waals surface area contributed by atoms with Gasteiger partial charge in [-0.3, -0.25) is 14.9 Å². The number of nitro benzene ring substituents is 1. The van der Waals surface area contributed by atoms with Crippen molar-refractivity contribution in [3.8, 4) is 17.1 Å². The zero-order valence-corrected chi connectivity index (χ0v) is 18.2. The van der Waals surface area contributed by atoms with Gasteiger partial charge < -0.3 is 9.15 Å². The number of amides is 1. The van der Waals surface area contributed by atoms with E-state index in [4.69, 9.17) is 44.0 Å². The number of hydrogen-bond donors (Lipinski definition) is 1. The summed E-state index contributed by atoms with van der Waals surface area (Å²) in [5, 5.41) is 15.9. The third-order valence-electron chi connectivity index (χ3n) is 3.95. The molecular weight excluding hydrogens is 469 g/mol. The highest BCUT2D eigenvalue weighted by molar-refractivity contribution is 6.44. The number of rotatable bonds is 7. The average molecular weight is 483 g/mol. The molecule has 31 heavy (non-hydrogen) atoms. The van der Waals surface area contributed by atoms with Crippen molar-refractivity contribution in [3.05, 3.63) is 79.0 Å². The lowest BCUT2D eigenvalue weighted by atomic mass is 10.2. The molecule has 1 amide bonds. The molecule has 0 spiro atoms. The summed E-state index contributed by atoms with van der Waals surface area (Å²) in [5.41, 5.74) is 3.28. The molecule has 0 aliphatic carbocycles. The molecule has 1 N–H and O–H groups in total. The predicted octanol–water partition coefficient (Wildman–Crippen LogP) is 5.65. The Labute approximate surface area is 191 Å². The highest BCUT2D eigenvalue weighted by Gasteiger charge is 2.16. The van der Waals surface area contributed by atoms with E-state index >= 15 is 0 Å². The molecule has 3 aromatic rings. The number of furan rings is 1. The number of aryl methyl sites for hydroxylation is 1. The van der Waals surface area contributed by atoms with Crippen LogP contribution in [0.5, 0.6) is 5.75 Å². The van der Waals surface area contributed by atoms with E-state index < -0.39 is 17.4 Å². The molecule has 0 saturated heterocycles. The number of ether oxygens (including phenoxy) is 1. The fourth-order valence-corrected chi connectivity index (χ4v) is 3.15. The molecule has 0 aliphatic rings. The average Bonchev–Trinajstić information content (AvgIpc) is 3.18. The van der Waals surface area contributed by atoms with E-state index in [1.54, 1.807) is 31.2 Å². The summed E-state index contributed by atoms with van der Waals surface area (Å²) in [4.78, 5) is 22.4. The molecular formula is C20H14Cl3N3O5. The number of nitro groups is 1. The second-order valence-corrected chi connectivity index (χ2v) is 7.48. The zero-order chi connectivity index (χ0) is 22.5. The van der Waals surface area contributed by atoms with Crippen molar-refractivity contribution in [3.63, 3.8) is 0 Å². The molecule has 1 aromatic heterocycles. The van der Waals surface area contributed by atoms with E-state index in [0.29, 0.717) is 37.7 Å².